The van der Waals surface area contributed by atoms with Crippen LogP contribution in [-0.4, -0.2) is 54.0 Å². The van der Waals surface area contributed by atoms with Gasteiger partial charge >= 0.3 is 0 Å². The average Bonchev–Trinajstić information content (AvgIpc) is 2.62. The predicted molar refractivity (Wildman–Crippen MR) is 88.4 cm³/mol. The lowest BCUT2D eigenvalue weighted by molar-refractivity contribution is 0.0628. The number of amides is 1. The Morgan fingerprint density at radius 3 is 2.62 bits per heavy atom. The van der Waals surface area contributed by atoms with Gasteiger partial charge in [0.15, 0.2) is 0 Å². The molecule has 1 saturated heterocycles. The lowest BCUT2D eigenvalue weighted by Gasteiger charge is -2.34. The number of benzene rings is 1. The average molecular weight is 329 g/mol. The Kier molecular flexibility index (Phi) is 5.05. The Bertz CT molecular complexity index is 698. The van der Waals surface area contributed by atoms with E-state index in [1.54, 1.807) is 24.1 Å². The van der Waals surface area contributed by atoms with Gasteiger partial charge < -0.3 is 9.64 Å². The summed E-state index contributed by atoms with van der Waals surface area (Å²) in [4.78, 5) is 20.7. The van der Waals surface area contributed by atoms with Gasteiger partial charge in [0, 0.05) is 50.6 Å². The van der Waals surface area contributed by atoms with E-state index in [-0.39, 0.29) is 11.7 Å². The van der Waals surface area contributed by atoms with Crippen LogP contribution in [-0.2, 0) is 6.54 Å². The maximum atomic E-state index is 13.3. The van der Waals surface area contributed by atoms with Crippen molar-refractivity contribution in [3.05, 3.63) is 59.5 Å². The number of hydrogen-bond acceptors (Lipinski definition) is 4. The molecule has 0 radical (unpaired) electrons. The Morgan fingerprint density at radius 2 is 2.00 bits per heavy atom. The van der Waals surface area contributed by atoms with Gasteiger partial charge in [-0.05, 0) is 23.8 Å². The number of pyridine rings is 1. The molecule has 0 atom stereocenters. The lowest BCUT2D eigenvalue weighted by atomic mass is 10.1. The molecule has 1 amide bonds. The van der Waals surface area contributed by atoms with Gasteiger partial charge in [-0.1, -0.05) is 12.1 Å². The number of rotatable bonds is 4. The van der Waals surface area contributed by atoms with Gasteiger partial charge in [-0.15, -0.1) is 0 Å². The predicted octanol–water partition coefficient (Wildman–Crippen LogP) is 2.19. The molecule has 1 fully saturated rings. The highest BCUT2D eigenvalue weighted by Crippen LogP contribution is 2.13. The summed E-state index contributed by atoms with van der Waals surface area (Å²) >= 11 is 0. The highest BCUT2D eigenvalue weighted by atomic mass is 19.1. The lowest BCUT2D eigenvalue weighted by Crippen LogP contribution is -2.48. The number of methoxy groups -OCH3 is 1. The first kappa shape index (κ1) is 16.4. The Hall–Kier alpha value is -2.47. The van der Waals surface area contributed by atoms with Gasteiger partial charge in [0.1, 0.15) is 5.82 Å². The second kappa shape index (κ2) is 7.40. The Morgan fingerprint density at radius 1 is 1.21 bits per heavy atom. The summed E-state index contributed by atoms with van der Waals surface area (Å²) in [6.07, 6.45) is 1.81. The van der Waals surface area contributed by atoms with Crippen molar-refractivity contribution in [3.8, 4) is 5.88 Å². The number of carbonyl (C=O) groups excluding carboxylic acids is 1. The van der Waals surface area contributed by atoms with Crippen molar-refractivity contribution in [1.82, 2.24) is 14.8 Å². The van der Waals surface area contributed by atoms with Crippen LogP contribution in [0.3, 0.4) is 0 Å². The summed E-state index contributed by atoms with van der Waals surface area (Å²) in [6, 6.07) is 9.70. The molecule has 1 aromatic heterocycles. The molecular formula is C18H20FN3O2. The molecule has 2 heterocycles. The first-order valence-corrected chi connectivity index (χ1v) is 7.92. The Labute approximate surface area is 140 Å². The summed E-state index contributed by atoms with van der Waals surface area (Å²) in [5.74, 6) is 0.107. The van der Waals surface area contributed by atoms with E-state index in [9.17, 15) is 9.18 Å². The molecule has 1 aliphatic heterocycles. The van der Waals surface area contributed by atoms with Crippen molar-refractivity contribution in [3.63, 3.8) is 0 Å². The van der Waals surface area contributed by atoms with E-state index in [1.807, 2.05) is 18.3 Å². The van der Waals surface area contributed by atoms with Crippen molar-refractivity contribution in [2.24, 2.45) is 0 Å². The molecule has 1 aromatic carbocycles. The van der Waals surface area contributed by atoms with E-state index in [4.69, 9.17) is 4.74 Å². The molecule has 5 nitrogen and oxygen atoms in total. The van der Waals surface area contributed by atoms with Gasteiger partial charge in [-0.2, -0.15) is 0 Å². The zero-order valence-corrected chi connectivity index (χ0v) is 13.6. The van der Waals surface area contributed by atoms with Crippen LogP contribution < -0.4 is 4.74 Å². The second-order valence-corrected chi connectivity index (χ2v) is 5.79. The summed E-state index contributed by atoms with van der Waals surface area (Å²) in [7, 11) is 1.59. The van der Waals surface area contributed by atoms with Crippen molar-refractivity contribution in [2.75, 3.05) is 33.3 Å². The number of ether oxygens (including phenoxy) is 1. The third-order valence-corrected chi connectivity index (χ3v) is 4.14. The van der Waals surface area contributed by atoms with Crippen molar-refractivity contribution in [2.45, 2.75) is 6.54 Å². The largest absolute Gasteiger partial charge is 0.481 e. The zero-order valence-electron chi connectivity index (χ0n) is 13.6. The quantitative estimate of drug-likeness (QED) is 0.863. The third-order valence-electron chi connectivity index (χ3n) is 4.14. The summed E-state index contributed by atoms with van der Waals surface area (Å²) in [5, 5.41) is 0. The van der Waals surface area contributed by atoms with E-state index >= 15 is 0 Å². The molecule has 126 valence electrons. The molecular weight excluding hydrogens is 309 g/mol. The van der Waals surface area contributed by atoms with Gasteiger partial charge in [0.25, 0.3) is 5.91 Å². The fourth-order valence-corrected chi connectivity index (χ4v) is 2.80. The zero-order chi connectivity index (χ0) is 16.9. The van der Waals surface area contributed by atoms with Gasteiger partial charge in [0.2, 0.25) is 5.88 Å². The van der Waals surface area contributed by atoms with E-state index in [1.165, 1.54) is 12.1 Å². The molecule has 0 N–H and O–H groups in total. The number of halogens is 1. The SMILES string of the molecule is COc1ccc(CN2CCN(C(=O)c3cccc(F)c3)CC2)cn1. The molecule has 0 bridgehead atoms. The summed E-state index contributed by atoms with van der Waals surface area (Å²) in [6.45, 7) is 3.64. The third kappa shape index (κ3) is 3.89. The standard InChI is InChI=1S/C18H20FN3O2/c1-24-17-6-5-14(12-20-17)13-21-7-9-22(10-8-21)18(23)15-3-2-4-16(19)11-15/h2-6,11-12H,7-10,13H2,1H3. The van der Waals surface area contributed by atoms with Gasteiger partial charge in [0.05, 0.1) is 7.11 Å². The number of carbonyl (C=O) groups is 1. The summed E-state index contributed by atoms with van der Waals surface area (Å²) < 4.78 is 18.3. The van der Waals surface area contributed by atoms with Crippen molar-refractivity contribution < 1.29 is 13.9 Å². The number of hydrogen-bond donors (Lipinski definition) is 0. The Balaban J connectivity index is 1.54. The van der Waals surface area contributed by atoms with E-state index in [0.29, 0.717) is 24.5 Å². The second-order valence-electron chi connectivity index (χ2n) is 5.79. The van der Waals surface area contributed by atoms with Crippen molar-refractivity contribution in [1.29, 1.82) is 0 Å². The van der Waals surface area contributed by atoms with Crippen LogP contribution in [0, 0.1) is 5.82 Å². The molecule has 6 heteroatoms. The molecule has 0 aliphatic carbocycles. The van der Waals surface area contributed by atoms with E-state index in [2.05, 4.69) is 9.88 Å². The molecule has 2 aromatic rings. The van der Waals surface area contributed by atoms with E-state index < -0.39 is 0 Å². The maximum Gasteiger partial charge on any atom is 0.254 e. The molecule has 24 heavy (non-hydrogen) atoms. The van der Waals surface area contributed by atoms with Crippen LogP contribution in [0.4, 0.5) is 4.39 Å². The molecule has 0 unspecified atom stereocenters. The normalized spacial score (nSPS) is 15.3. The number of aromatic nitrogens is 1. The highest BCUT2D eigenvalue weighted by molar-refractivity contribution is 5.94. The monoisotopic (exact) mass is 329 g/mol. The first-order valence-electron chi connectivity index (χ1n) is 7.92. The van der Waals surface area contributed by atoms with Crippen LogP contribution in [0.25, 0.3) is 0 Å². The summed E-state index contributed by atoms with van der Waals surface area (Å²) in [5.41, 5.74) is 1.52. The number of piperazine rings is 1. The minimum absolute atomic E-state index is 0.111. The minimum Gasteiger partial charge on any atom is -0.481 e. The molecule has 1 aliphatic rings. The fourth-order valence-electron chi connectivity index (χ4n) is 2.80. The van der Waals surface area contributed by atoms with Crippen LogP contribution in [0.15, 0.2) is 42.6 Å². The van der Waals surface area contributed by atoms with Gasteiger partial charge in [-0.25, -0.2) is 9.37 Å². The first-order chi connectivity index (χ1) is 11.7. The van der Waals surface area contributed by atoms with E-state index in [0.717, 1.165) is 25.2 Å². The van der Waals surface area contributed by atoms with Gasteiger partial charge in [-0.3, -0.25) is 9.69 Å². The topological polar surface area (TPSA) is 45.7 Å². The molecule has 0 spiro atoms. The smallest absolute Gasteiger partial charge is 0.254 e. The van der Waals surface area contributed by atoms with Crippen molar-refractivity contribution >= 4 is 5.91 Å². The van der Waals surface area contributed by atoms with Crippen LogP contribution in [0.2, 0.25) is 0 Å². The molecule has 0 saturated carbocycles. The minimum atomic E-state index is -0.383. The fraction of sp³-hybridized carbons (Fsp3) is 0.333. The highest BCUT2D eigenvalue weighted by Gasteiger charge is 2.22. The van der Waals surface area contributed by atoms with Crippen LogP contribution in [0.5, 0.6) is 5.88 Å². The van der Waals surface area contributed by atoms with Crippen LogP contribution >= 0.6 is 0 Å². The number of nitrogens with zero attached hydrogens (tertiary/aromatic N) is 3. The maximum absolute atomic E-state index is 13.3. The molecule has 3 rings (SSSR count). The van der Waals surface area contributed by atoms with Crippen LogP contribution in [0.1, 0.15) is 15.9 Å².